The van der Waals surface area contributed by atoms with Crippen LogP contribution in [-0.4, -0.2) is 57.2 Å². The van der Waals surface area contributed by atoms with Crippen LogP contribution in [-0.2, 0) is 11.8 Å². The van der Waals surface area contributed by atoms with Gasteiger partial charge in [-0.3, -0.25) is 4.79 Å². The largest absolute Gasteiger partial charge is 0.368 e. The van der Waals surface area contributed by atoms with E-state index in [2.05, 4.69) is 70.2 Å². The highest BCUT2D eigenvalue weighted by Gasteiger charge is 2.27. The fourth-order valence-electron chi connectivity index (χ4n) is 5.42. The lowest BCUT2D eigenvalue weighted by atomic mass is 9.95. The summed E-state index contributed by atoms with van der Waals surface area (Å²) in [4.78, 5) is 33.2. The summed E-state index contributed by atoms with van der Waals surface area (Å²) < 4.78 is 5.28. The standard InChI is InChI=1S/C31H37N9O2.ClH/c1-31(2,3)30-38-29(42-39-30)28(41)36-24-7-5-4-6-20-16-21(8-10-23(20)24)25-17-27(35-19-34-25)37-26-11-9-22(18-33-26)40-14-12-32-13-15-40;/h8-11,16-19,24,32H,4-7,12-15H2,1-3H3,(H,36,41)(H,33,34,35,37);1H/t24-;/m1./s1. The highest BCUT2D eigenvalue weighted by molar-refractivity contribution is 5.89. The van der Waals surface area contributed by atoms with Crippen molar-refractivity contribution in [2.24, 2.45) is 0 Å². The molecule has 1 aliphatic carbocycles. The van der Waals surface area contributed by atoms with E-state index in [0.717, 1.165) is 80.2 Å². The van der Waals surface area contributed by atoms with Gasteiger partial charge in [0.05, 0.1) is 23.6 Å². The number of carbonyl (C=O) groups is 1. The summed E-state index contributed by atoms with van der Waals surface area (Å²) in [7, 11) is 0. The first-order valence-corrected chi connectivity index (χ1v) is 14.6. The monoisotopic (exact) mass is 603 g/mol. The Balaban J connectivity index is 0.00000368. The van der Waals surface area contributed by atoms with Gasteiger partial charge in [0.25, 0.3) is 0 Å². The Bertz CT molecular complexity index is 1550. The maximum absolute atomic E-state index is 13.0. The van der Waals surface area contributed by atoms with Crippen LogP contribution in [0.3, 0.4) is 0 Å². The molecule has 3 aromatic heterocycles. The number of carbonyl (C=O) groups excluding carboxylic acids is 1. The molecule has 6 rings (SSSR count). The minimum atomic E-state index is -0.346. The van der Waals surface area contributed by atoms with Crippen molar-refractivity contribution in [1.29, 1.82) is 0 Å². The topological polar surface area (TPSA) is 134 Å². The minimum absolute atomic E-state index is 0. The average Bonchev–Trinajstić information content (AvgIpc) is 3.43. The Morgan fingerprint density at radius 3 is 2.60 bits per heavy atom. The van der Waals surface area contributed by atoms with Crippen LogP contribution in [0.1, 0.15) is 73.7 Å². The van der Waals surface area contributed by atoms with Crippen LogP contribution in [0.4, 0.5) is 17.3 Å². The normalized spacial score (nSPS) is 16.9. The van der Waals surface area contributed by atoms with Gasteiger partial charge >= 0.3 is 11.8 Å². The van der Waals surface area contributed by atoms with Crippen molar-refractivity contribution in [2.75, 3.05) is 36.4 Å². The first kappa shape index (κ1) is 30.4. The van der Waals surface area contributed by atoms with E-state index in [-0.39, 0.29) is 35.7 Å². The van der Waals surface area contributed by atoms with Crippen molar-refractivity contribution in [3.05, 3.63) is 71.8 Å². The molecule has 0 bridgehead atoms. The number of aromatic nitrogens is 5. The van der Waals surface area contributed by atoms with E-state index >= 15 is 0 Å². The fourth-order valence-corrected chi connectivity index (χ4v) is 5.42. The lowest BCUT2D eigenvalue weighted by Crippen LogP contribution is -2.43. The van der Waals surface area contributed by atoms with Gasteiger partial charge in [0, 0.05) is 43.2 Å². The van der Waals surface area contributed by atoms with Crippen LogP contribution in [0.2, 0.25) is 0 Å². The number of piperazine rings is 1. The molecule has 11 nitrogen and oxygen atoms in total. The summed E-state index contributed by atoms with van der Waals surface area (Å²) in [5.41, 5.74) is 4.96. The van der Waals surface area contributed by atoms with Gasteiger partial charge in [-0.1, -0.05) is 44.5 Å². The zero-order chi connectivity index (χ0) is 29.1. The number of nitrogens with zero attached hydrogens (tertiary/aromatic N) is 6. The summed E-state index contributed by atoms with van der Waals surface area (Å²) >= 11 is 0. The second kappa shape index (κ2) is 13.0. The summed E-state index contributed by atoms with van der Waals surface area (Å²) in [6.07, 6.45) is 7.30. The van der Waals surface area contributed by atoms with E-state index in [9.17, 15) is 4.79 Å². The predicted molar refractivity (Wildman–Crippen MR) is 168 cm³/mol. The summed E-state index contributed by atoms with van der Waals surface area (Å²) in [5.74, 6) is 1.57. The quantitative estimate of drug-likeness (QED) is 0.259. The molecule has 2 aliphatic rings. The molecule has 0 radical (unpaired) electrons. The van der Waals surface area contributed by atoms with Gasteiger partial charge in [0.15, 0.2) is 5.82 Å². The Hall–Kier alpha value is -4.09. The Morgan fingerprint density at radius 2 is 1.86 bits per heavy atom. The van der Waals surface area contributed by atoms with Crippen LogP contribution in [0, 0.1) is 0 Å². The lowest BCUT2D eigenvalue weighted by molar-refractivity contribution is 0.0890. The maximum atomic E-state index is 13.0. The van der Waals surface area contributed by atoms with E-state index in [1.54, 1.807) is 6.33 Å². The zero-order valence-electron chi connectivity index (χ0n) is 24.8. The molecule has 1 aromatic carbocycles. The SMILES string of the molecule is CC(C)(C)c1noc(C(=O)N[C@@H]2CCCCc3cc(-c4cc(Nc5ccc(N6CCNCC6)cn5)ncn4)ccc32)n1.Cl. The van der Waals surface area contributed by atoms with Crippen molar-refractivity contribution in [3.8, 4) is 11.3 Å². The summed E-state index contributed by atoms with van der Waals surface area (Å²) in [6, 6.07) is 12.2. The highest BCUT2D eigenvalue weighted by Crippen LogP contribution is 2.32. The van der Waals surface area contributed by atoms with Crippen molar-refractivity contribution < 1.29 is 9.32 Å². The van der Waals surface area contributed by atoms with Crippen molar-refractivity contribution >= 4 is 35.6 Å². The second-order valence-electron chi connectivity index (χ2n) is 11.9. The number of halogens is 1. The number of nitrogens with one attached hydrogen (secondary N) is 3. The Labute approximate surface area is 257 Å². The van der Waals surface area contributed by atoms with E-state index in [1.165, 1.54) is 5.56 Å². The number of hydrogen-bond acceptors (Lipinski definition) is 10. The van der Waals surface area contributed by atoms with Crippen molar-refractivity contribution in [1.82, 2.24) is 35.7 Å². The lowest BCUT2D eigenvalue weighted by Gasteiger charge is -2.29. The maximum Gasteiger partial charge on any atom is 0.315 e. The van der Waals surface area contributed by atoms with Gasteiger partial charge in [-0.2, -0.15) is 4.98 Å². The van der Waals surface area contributed by atoms with E-state index in [4.69, 9.17) is 4.52 Å². The fraction of sp³-hybridized carbons (Fsp3) is 0.419. The smallest absolute Gasteiger partial charge is 0.315 e. The average molecular weight is 604 g/mol. The van der Waals surface area contributed by atoms with Crippen molar-refractivity contribution in [3.63, 3.8) is 0 Å². The van der Waals surface area contributed by atoms with Gasteiger partial charge in [-0.15, -0.1) is 12.4 Å². The number of fused-ring (bicyclic) bond motifs is 1. The highest BCUT2D eigenvalue weighted by atomic mass is 35.5. The number of anilines is 3. The molecule has 1 amide bonds. The molecule has 1 fully saturated rings. The van der Waals surface area contributed by atoms with Gasteiger partial charge in [0.2, 0.25) is 0 Å². The third-order valence-corrected chi connectivity index (χ3v) is 7.75. The first-order chi connectivity index (χ1) is 20.3. The molecule has 12 heteroatoms. The molecule has 0 spiro atoms. The number of rotatable bonds is 6. The van der Waals surface area contributed by atoms with Gasteiger partial charge < -0.3 is 25.4 Å². The summed E-state index contributed by atoms with van der Waals surface area (Å²) in [6.45, 7) is 9.89. The molecule has 0 unspecified atom stereocenters. The number of hydrogen-bond donors (Lipinski definition) is 3. The molecule has 3 N–H and O–H groups in total. The van der Waals surface area contributed by atoms with E-state index < -0.39 is 0 Å². The molecule has 226 valence electrons. The van der Waals surface area contributed by atoms with E-state index in [1.807, 2.05) is 39.1 Å². The number of pyridine rings is 1. The predicted octanol–water partition coefficient (Wildman–Crippen LogP) is 4.99. The molecule has 0 saturated carbocycles. The van der Waals surface area contributed by atoms with E-state index in [0.29, 0.717) is 11.6 Å². The molecule has 4 aromatic rings. The first-order valence-electron chi connectivity index (χ1n) is 14.6. The van der Waals surface area contributed by atoms with Crippen LogP contribution < -0.4 is 20.9 Å². The van der Waals surface area contributed by atoms with Crippen LogP contribution in [0.15, 0.2) is 53.4 Å². The molecule has 1 atom stereocenters. The molecule has 4 heterocycles. The third-order valence-electron chi connectivity index (χ3n) is 7.75. The van der Waals surface area contributed by atoms with Gasteiger partial charge in [0.1, 0.15) is 18.0 Å². The second-order valence-corrected chi connectivity index (χ2v) is 11.9. The molecular formula is C31H38ClN9O2. The zero-order valence-corrected chi connectivity index (χ0v) is 25.6. The van der Waals surface area contributed by atoms with Crippen LogP contribution >= 0.6 is 12.4 Å². The molecule has 1 saturated heterocycles. The Morgan fingerprint density at radius 1 is 1.02 bits per heavy atom. The van der Waals surface area contributed by atoms with Gasteiger partial charge in [-0.05, 0) is 48.6 Å². The summed E-state index contributed by atoms with van der Waals surface area (Å²) in [5, 5.41) is 13.8. The van der Waals surface area contributed by atoms with Gasteiger partial charge in [-0.25, -0.2) is 15.0 Å². The number of aryl methyl sites for hydroxylation is 1. The number of amides is 1. The molecule has 1 aliphatic heterocycles. The minimum Gasteiger partial charge on any atom is -0.368 e. The number of benzene rings is 1. The van der Waals surface area contributed by atoms with Crippen LogP contribution in [0.25, 0.3) is 11.3 Å². The molecular weight excluding hydrogens is 566 g/mol. The van der Waals surface area contributed by atoms with Crippen LogP contribution in [0.5, 0.6) is 0 Å². The third kappa shape index (κ3) is 7.11. The van der Waals surface area contributed by atoms with Crippen molar-refractivity contribution in [2.45, 2.75) is 57.9 Å². The Kier molecular flexibility index (Phi) is 9.22. The molecule has 43 heavy (non-hydrogen) atoms.